The third-order valence-corrected chi connectivity index (χ3v) is 5.39. The van der Waals surface area contributed by atoms with Gasteiger partial charge < -0.3 is 9.47 Å². The van der Waals surface area contributed by atoms with Crippen molar-refractivity contribution in [2.75, 3.05) is 6.61 Å². The van der Waals surface area contributed by atoms with Gasteiger partial charge in [-0.05, 0) is 49.3 Å². The second kappa shape index (κ2) is 15.5. The maximum absolute atomic E-state index is 12.0. The van der Waals surface area contributed by atoms with Crippen molar-refractivity contribution in [2.45, 2.75) is 84.0 Å². The SMILES string of the molecule is CCCCCCc1ccccc1OC(=O)OCCCCCCCCc1ccccc1. The van der Waals surface area contributed by atoms with Crippen LogP contribution in [0.3, 0.4) is 0 Å². The molecule has 2 aromatic rings. The first-order chi connectivity index (χ1) is 14.8. The molecule has 0 heterocycles. The quantitative estimate of drug-likeness (QED) is 0.170. The van der Waals surface area contributed by atoms with E-state index in [-0.39, 0.29) is 0 Å². The molecule has 0 bridgehead atoms. The van der Waals surface area contributed by atoms with Crippen molar-refractivity contribution in [3.8, 4) is 5.75 Å². The maximum Gasteiger partial charge on any atom is 0.513 e. The Morgan fingerprint density at radius 1 is 0.700 bits per heavy atom. The molecule has 0 atom stereocenters. The van der Waals surface area contributed by atoms with Gasteiger partial charge in [0.15, 0.2) is 0 Å². The molecular weight excluding hydrogens is 372 g/mol. The van der Waals surface area contributed by atoms with Crippen molar-refractivity contribution in [3.05, 3.63) is 65.7 Å². The van der Waals surface area contributed by atoms with Gasteiger partial charge in [0.2, 0.25) is 0 Å². The van der Waals surface area contributed by atoms with Gasteiger partial charge in [0, 0.05) is 0 Å². The molecule has 0 saturated heterocycles. The molecule has 3 nitrogen and oxygen atoms in total. The normalized spacial score (nSPS) is 10.7. The summed E-state index contributed by atoms with van der Waals surface area (Å²) in [5, 5.41) is 0. The summed E-state index contributed by atoms with van der Waals surface area (Å²) in [6.45, 7) is 2.64. The summed E-state index contributed by atoms with van der Waals surface area (Å²) in [6.07, 6.45) is 13.2. The summed E-state index contributed by atoms with van der Waals surface area (Å²) in [5.74, 6) is 0.636. The van der Waals surface area contributed by atoms with Crippen LogP contribution in [0, 0.1) is 0 Å². The first-order valence-electron chi connectivity index (χ1n) is 11.8. The van der Waals surface area contributed by atoms with Gasteiger partial charge >= 0.3 is 6.16 Å². The molecule has 0 aliphatic carbocycles. The van der Waals surface area contributed by atoms with E-state index in [1.165, 1.54) is 50.5 Å². The Kier molecular flexibility index (Phi) is 12.4. The number of carbonyl (C=O) groups excluding carboxylic acids is 1. The minimum absolute atomic E-state index is 0.432. The van der Waals surface area contributed by atoms with Crippen LogP contribution in [0.2, 0.25) is 0 Å². The van der Waals surface area contributed by atoms with E-state index in [1.807, 2.05) is 24.3 Å². The number of unbranched alkanes of at least 4 members (excludes halogenated alkanes) is 8. The Labute approximate surface area is 182 Å². The molecule has 0 aliphatic heterocycles. The highest BCUT2D eigenvalue weighted by atomic mass is 16.7. The number of aryl methyl sites for hydroxylation is 2. The zero-order chi connectivity index (χ0) is 21.3. The van der Waals surface area contributed by atoms with E-state index in [9.17, 15) is 4.79 Å². The Morgan fingerprint density at radius 3 is 2.13 bits per heavy atom. The summed E-state index contributed by atoms with van der Waals surface area (Å²) in [7, 11) is 0. The molecule has 2 aromatic carbocycles. The number of rotatable bonds is 15. The van der Waals surface area contributed by atoms with E-state index < -0.39 is 6.16 Å². The molecule has 0 radical (unpaired) electrons. The van der Waals surface area contributed by atoms with Gasteiger partial charge in [0.1, 0.15) is 5.75 Å². The molecule has 3 heteroatoms. The van der Waals surface area contributed by atoms with E-state index in [2.05, 4.69) is 37.3 Å². The van der Waals surface area contributed by atoms with Crippen LogP contribution < -0.4 is 4.74 Å². The lowest BCUT2D eigenvalue weighted by Gasteiger charge is -2.10. The maximum atomic E-state index is 12.0. The number of hydrogen-bond acceptors (Lipinski definition) is 3. The van der Waals surface area contributed by atoms with Crippen molar-refractivity contribution in [2.24, 2.45) is 0 Å². The van der Waals surface area contributed by atoms with Crippen LogP contribution in [-0.2, 0) is 17.6 Å². The first kappa shape index (κ1) is 24.0. The Bertz CT molecular complexity index is 696. The van der Waals surface area contributed by atoms with Crippen molar-refractivity contribution >= 4 is 6.16 Å². The smallest absolute Gasteiger partial charge is 0.434 e. The Morgan fingerprint density at radius 2 is 1.33 bits per heavy atom. The minimum Gasteiger partial charge on any atom is -0.434 e. The molecule has 0 N–H and O–H groups in total. The van der Waals surface area contributed by atoms with E-state index in [4.69, 9.17) is 9.47 Å². The number of para-hydroxylation sites is 1. The predicted molar refractivity (Wildman–Crippen MR) is 124 cm³/mol. The average Bonchev–Trinajstić information content (AvgIpc) is 2.77. The number of carbonyl (C=O) groups is 1. The lowest BCUT2D eigenvalue weighted by molar-refractivity contribution is 0.0969. The van der Waals surface area contributed by atoms with Gasteiger partial charge in [0.25, 0.3) is 0 Å². The van der Waals surface area contributed by atoms with Crippen molar-refractivity contribution in [1.82, 2.24) is 0 Å². The third-order valence-electron chi connectivity index (χ3n) is 5.39. The zero-order valence-electron chi connectivity index (χ0n) is 18.6. The van der Waals surface area contributed by atoms with E-state index in [0.29, 0.717) is 12.4 Å². The van der Waals surface area contributed by atoms with Crippen LogP contribution in [0.5, 0.6) is 5.75 Å². The molecule has 0 unspecified atom stereocenters. The van der Waals surface area contributed by atoms with Gasteiger partial charge in [-0.25, -0.2) is 4.79 Å². The van der Waals surface area contributed by atoms with Crippen LogP contribution in [0.4, 0.5) is 4.79 Å². The fourth-order valence-corrected chi connectivity index (χ4v) is 3.61. The van der Waals surface area contributed by atoms with Gasteiger partial charge in [0.05, 0.1) is 6.61 Å². The molecule has 2 rings (SSSR count). The standard InChI is InChI=1S/C27H38O3/c1-2-3-4-13-20-25-21-14-15-22-26(25)30-27(28)29-23-16-8-6-5-7-10-17-24-18-11-9-12-19-24/h9,11-12,14-15,18-19,21-22H,2-8,10,13,16-17,20,23H2,1H3. The second-order valence-corrected chi connectivity index (χ2v) is 7.98. The van der Waals surface area contributed by atoms with E-state index in [1.54, 1.807) is 0 Å². The van der Waals surface area contributed by atoms with E-state index >= 15 is 0 Å². The topological polar surface area (TPSA) is 35.5 Å². The average molecular weight is 411 g/mol. The Hall–Kier alpha value is -2.29. The first-order valence-corrected chi connectivity index (χ1v) is 11.8. The molecule has 0 aromatic heterocycles. The van der Waals surface area contributed by atoms with Crippen molar-refractivity contribution < 1.29 is 14.3 Å². The van der Waals surface area contributed by atoms with Crippen LogP contribution in [0.25, 0.3) is 0 Å². The lowest BCUT2D eigenvalue weighted by Crippen LogP contribution is -2.12. The minimum atomic E-state index is -0.584. The lowest BCUT2D eigenvalue weighted by atomic mass is 10.1. The predicted octanol–water partition coefficient (Wildman–Crippen LogP) is 7.91. The molecule has 164 valence electrons. The molecule has 0 aliphatic rings. The van der Waals surface area contributed by atoms with Crippen LogP contribution in [0.1, 0.15) is 82.3 Å². The zero-order valence-corrected chi connectivity index (χ0v) is 18.6. The summed E-state index contributed by atoms with van der Waals surface area (Å²) in [6, 6.07) is 18.4. The number of benzene rings is 2. The highest BCUT2D eigenvalue weighted by Crippen LogP contribution is 2.21. The van der Waals surface area contributed by atoms with Gasteiger partial charge in [-0.1, -0.05) is 100 Å². The summed E-state index contributed by atoms with van der Waals surface area (Å²) in [5.41, 5.74) is 2.51. The molecular formula is C27H38O3. The van der Waals surface area contributed by atoms with Crippen LogP contribution in [0.15, 0.2) is 54.6 Å². The second-order valence-electron chi connectivity index (χ2n) is 7.98. The fraction of sp³-hybridized carbons (Fsp3) is 0.519. The molecule has 0 spiro atoms. The van der Waals surface area contributed by atoms with Gasteiger partial charge in [-0.15, -0.1) is 0 Å². The van der Waals surface area contributed by atoms with Crippen molar-refractivity contribution in [3.63, 3.8) is 0 Å². The molecule has 30 heavy (non-hydrogen) atoms. The number of ether oxygens (including phenoxy) is 2. The molecule has 0 fully saturated rings. The number of hydrogen-bond donors (Lipinski definition) is 0. The third kappa shape index (κ3) is 10.5. The highest BCUT2D eigenvalue weighted by Gasteiger charge is 2.10. The molecule has 0 amide bonds. The summed E-state index contributed by atoms with van der Waals surface area (Å²) >= 11 is 0. The van der Waals surface area contributed by atoms with Crippen LogP contribution >= 0.6 is 0 Å². The summed E-state index contributed by atoms with van der Waals surface area (Å²) in [4.78, 5) is 12.0. The molecule has 0 saturated carbocycles. The van der Waals surface area contributed by atoms with Crippen molar-refractivity contribution in [1.29, 1.82) is 0 Å². The monoisotopic (exact) mass is 410 g/mol. The highest BCUT2D eigenvalue weighted by molar-refractivity contribution is 5.64. The Balaban J connectivity index is 1.51. The fourth-order valence-electron chi connectivity index (χ4n) is 3.61. The van der Waals surface area contributed by atoms with Gasteiger partial charge in [-0.2, -0.15) is 0 Å². The van der Waals surface area contributed by atoms with Gasteiger partial charge in [-0.3, -0.25) is 0 Å². The van der Waals surface area contributed by atoms with E-state index in [0.717, 1.165) is 37.7 Å². The largest absolute Gasteiger partial charge is 0.513 e. The van der Waals surface area contributed by atoms with Crippen LogP contribution in [-0.4, -0.2) is 12.8 Å². The summed E-state index contributed by atoms with van der Waals surface area (Å²) < 4.78 is 10.7.